The molecule has 96 valence electrons. The molecule has 1 N–H and O–H groups in total. The summed E-state index contributed by atoms with van der Waals surface area (Å²) < 4.78 is 9.10. The van der Waals surface area contributed by atoms with E-state index in [0.29, 0.717) is 18.4 Å². The van der Waals surface area contributed by atoms with Gasteiger partial charge in [-0.05, 0) is 37.0 Å². The largest absolute Gasteiger partial charge is 0.516 e. The number of benzene rings is 1. The monoisotopic (exact) mass is 250 g/mol. The molecule has 1 atom stereocenters. The highest BCUT2D eigenvalue weighted by Gasteiger charge is 2.26. The fraction of sp³-hybridized carbons (Fsp3) is 0.385. The zero-order valence-electron chi connectivity index (χ0n) is 10.0. The van der Waals surface area contributed by atoms with Crippen LogP contribution >= 0.6 is 0 Å². The second kappa shape index (κ2) is 5.18. The Hall–Kier alpha value is -1.88. The summed E-state index contributed by atoms with van der Waals surface area (Å²) in [6.07, 6.45) is -0.363. The van der Waals surface area contributed by atoms with Crippen molar-refractivity contribution < 1.29 is 24.2 Å². The van der Waals surface area contributed by atoms with Gasteiger partial charge in [0.25, 0.3) is 0 Å². The van der Waals surface area contributed by atoms with Gasteiger partial charge >= 0.3 is 12.1 Å². The maximum atomic E-state index is 11.8. The molecular formula is C13H14O5. The first-order valence-corrected chi connectivity index (χ1v) is 5.82. The molecule has 0 radical (unpaired) electrons. The van der Waals surface area contributed by atoms with Gasteiger partial charge in [0.15, 0.2) is 0 Å². The number of carbonyl (C=O) groups is 2. The number of aliphatic hydroxyl groups excluding tert-OH is 1. The third kappa shape index (κ3) is 2.36. The van der Waals surface area contributed by atoms with E-state index in [1.807, 2.05) is 0 Å². The minimum absolute atomic E-state index is 0.151. The van der Waals surface area contributed by atoms with Crippen LogP contribution in [0.2, 0.25) is 0 Å². The molecule has 0 bridgehead atoms. The molecule has 1 aliphatic rings. The van der Waals surface area contributed by atoms with E-state index in [0.717, 1.165) is 11.1 Å². The van der Waals surface area contributed by atoms with Crippen LogP contribution in [0.4, 0.5) is 4.79 Å². The van der Waals surface area contributed by atoms with Gasteiger partial charge in [-0.1, -0.05) is 12.1 Å². The predicted molar refractivity (Wildman–Crippen MR) is 62.2 cm³/mol. The molecule has 0 aliphatic heterocycles. The van der Waals surface area contributed by atoms with Crippen LogP contribution in [-0.4, -0.2) is 23.8 Å². The Kier molecular flexibility index (Phi) is 3.62. The number of aliphatic hydroxyl groups is 1. The summed E-state index contributed by atoms with van der Waals surface area (Å²) in [6, 6.07) is 5.02. The van der Waals surface area contributed by atoms with Crippen molar-refractivity contribution in [1.29, 1.82) is 0 Å². The van der Waals surface area contributed by atoms with E-state index in [-0.39, 0.29) is 6.61 Å². The Morgan fingerprint density at radius 3 is 2.94 bits per heavy atom. The van der Waals surface area contributed by atoms with Crippen molar-refractivity contribution in [3.05, 3.63) is 34.9 Å². The highest BCUT2D eigenvalue weighted by molar-refractivity contribution is 5.97. The average Bonchev–Trinajstić information content (AvgIpc) is 2.71. The van der Waals surface area contributed by atoms with Gasteiger partial charge in [0, 0.05) is 0 Å². The zero-order valence-corrected chi connectivity index (χ0v) is 10.0. The van der Waals surface area contributed by atoms with E-state index in [2.05, 4.69) is 9.47 Å². The summed E-state index contributed by atoms with van der Waals surface area (Å²) in [7, 11) is 0. The van der Waals surface area contributed by atoms with Crippen molar-refractivity contribution >= 4 is 12.1 Å². The van der Waals surface area contributed by atoms with Crippen molar-refractivity contribution in [3.63, 3.8) is 0 Å². The minimum atomic E-state index is -1.00. The van der Waals surface area contributed by atoms with Crippen LogP contribution < -0.4 is 0 Å². The number of rotatable bonds is 2. The molecule has 5 nitrogen and oxygen atoms in total. The van der Waals surface area contributed by atoms with Crippen molar-refractivity contribution in [2.45, 2.75) is 25.9 Å². The van der Waals surface area contributed by atoms with Gasteiger partial charge in [-0.2, -0.15) is 0 Å². The molecule has 0 amide bonds. The topological polar surface area (TPSA) is 72.8 Å². The number of carbonyl (C=O) groups excluding carboxylic acids is 2. The van der Waals surface area contributed by atoms with E-state index >= 15 is 0 Å². The lowest BCUT2D eigenvalue weighted by Gasteiger charge is -2.08. The van der Waals surface area contributed by atoms with Crippen LogP contribution in [-0.2, 0) is 15.9 Å². The second-order valence-electron chi connectivity index (χ2n) is 4.00. The molecule has 0 heterocycles. The molecule has 1 unspecified atom stereocenters. The standard InChI is InChI=1S/C13H14O5/c1-2-17-13(16)18-12(15)10-5-3-4-9-8(10)6-7-11(9)14/h3-5,11,14H,2,6-7H2,1H3. The number of fused-ring (bicyclic) bond motifs is 1. The SMILES string of the molecule is CCOC(=O)OC(=O)c1cccc2c1CCC2O. The summed E-state index contributed by atoms with van der Waals surface area (Å²) >= 11 is 0. The third-order valence-corrected chi connectivity index (χ3v) is 2.90. The van der Waals surface area contributed by atoms with E-state index in [4.69, 9.17) is 0 Å². The Bertz CT molecular complexity index is 480. The van der Waals surface area contributed by atoms with Gasteiger partial charge in [-0.15, -0.1) is 0 Å². The maximum Gasteiger partial charge on any atom is 0.516 e. The van der Waals surface area contributed by atoms with E-state index in [1.54, 1.807) is 25.1 Å². The molecule has 1 aromatic carbocycles. The van der Waals surface area contributed by atoms with Crippen LogP contribution in [0.1, 0.15) is 40.9 Å². The molecule has 0 aromatic heterocycles. The highest BCUT2D eigenvalue weighted by Crippen LogP contribution is 2.33. The lowest BCUT2D eigenvalue weighted by atomic mass is 10.0. The molecule has 5 heteroatoms. The fourth-order valence-corrected chi connectivity index (χ4v) is 2.10. The Morgan fingerprint density at radius 1 is 1.44 bits per heavy atom. The third-order valence-electron chi connectivity index (χ3n) is 2.90. The molecule has 0 fully saturated rings. The quantitative estimate of drug-likeness (QED) is 0.641. The van der Waals surface area contributed by atoms with Crippen molar-refractivity contribution in [1.82, 2.24) is 0 Å². The summed E-state index contributed by atoms with van der Waals surface area (Å²) in [5, 5.41) is 9.71. The Morgan fingerprint density at radius 2 is 2.22 bits per heavy atom. The average molecular weight is 250 g/mol. The summed E-state index contributed by atoms with van der Waals surface area (Å²) in [4.78, 5) is 22.9. The van der Waals surface area contributed by atoms with Gasteiger partial charge < -0.3 is 14.6 Å². The lowest BCUT2D eigenvalue weighted by molar-refractivity contribution is 0.0401. The first-order chi connectivity index (χ1) is 8.63. The molecular weight excluding hydrogens is 236 g/mol. The molecule has 2 rings (SSSR count). The van der Waals surface area contributed by atoms with E-state index in [9.17, 15) is 14.7 Å². The lowest BCUT2D eigenvalue weighted by Crippen LogP contribution is -2.15. The van der Waals surface area contributed by atoms with E-state index in [1.165, 1.54) is 0 Å². The van der Waals surface area contributed by atoms with Crippen LogP contribution in [0.25, 0.3) is 0 Å². The molecule has 0 saturated heterocycles. The van der Waals surface area contributed by atoms with Crippen LogP contribution in [0.15, 0.2) is 18.2 Å². The van der Waals surface area contributed by atoms with E-state index < -0.39 is 18.2 Å². The highest BCUT2D eigenvalue weighted by atomic mass is 16.7. The number of ether oxygens (including phenoxy) is 2. The van der Waals surface area contributed by atoms with Gasteiger partial charge in [-0.25, -0.2) is 9.59 Å². The molecule has 0 saturated carbocycles. The van der Waals surface area contributed by atoms with Gasteiger partial charge in [-0.3, -0.25) is 0 Å². The van der Waals surface area contributed by atoms with Crippen molar-refractivity contribution in [2.75, 3.05) is 6.61 Å². The molecule has 1 aromatic rings. The van der Waals surface area contributed by atoms with Gasteiger partial charge in [0.05, 0.1) is 18.3 Å². The van der Waals surface area contributed by atoms with Gasteiger partial charge in [0.1, 0.15) is 0 Å². The smallest absolute Gasteiger partial charge is 0.434 e. The van der Waals surface area contributed by atoms with Gasteiger partial charge in [0.2, 0.25) is 0 Å². The Labute approximate surface area is 104 Å². The van der Waals surface area contributed by atoms with Crippen molar-refractivity contribution in [2.24, 2.45) is 0 Å². The summed E-state index contributed by atoms with van der Waals surface area (Å²) in [6.45, 7) is 1.78. The number of hydrogen-bond donors (Lipinski definition) is 1. The first kappa shape index (κ1) is 12.6. The first-order valence-electron chi connectivity index (χ1n) is 5.82. The normalized spacial score (nSPS) is 17.1. The maximum absolute atomic E-state index is 11.8. The second-order valence-corrected chi connectivity index (χ2v) is 4.00. The fourth-order valence-electron chi connectivity index (χ4n) is 2.10. The molecule has 18 heavy (non-hydrogen) atoms. The number of esters is 1. The zero-order chi connectivity index (χ0) is 13.1. The summed E-state index contributed by atoms with van der Waals surface area (Å²) in [5.41, 5.74) is 1.80. The van der Waals surface area contributed by atoms with Crippen molar-refractivity contribution in [3.8, 4) is 0 Å². The molecule has 0 spiro atoms. The minimum Gasteiger partial charge on any atom is -0.434 e. The predicted octanol–water partition coefficient (Wildman–Crippen LogP) is 1.98. The summed E-state index contributed by atoms with van der Waals surface area (Å²) in [5.74, 6) is -0.737. The molecule has 1 aliphatic carbocycles. The Balaban J connectivity index is 2.19. The number of hydrogen-bond acceptors (Lipinski definition) is 5. The van der Waals surface area contributed by atoms with Crippen LogP contribution in [0.5, 0.6) is 0 Å². The van der Waals surface area contributed by atoms with Crippen LogP contribution in [0, 0.1) is 0 Å². The van der Waals surface area contributed by atoms with Crippen LogP contribution in [0.3, 0.4) is 0 Å².